The Balaban J connectivity index is 4.12. The molecule has 0 bridgehead atoms. The Labute approximate surface area is 122 Å². The number of amides is 1. The summed E-state index contributed by atoms with van der Waals surface area (Å²) in [6.45, 7) is 11.5. The number of hydrogen-bond donors (Lipinski definition) is 2. The minimum Gasteiger partial charge on any atom is -0.375 e. The molecule has 3 N–H and O–H groups in total. The van der Waals surface area contributed by atoms with Crippen LogP contribution < -0.4 is 11.1 Å². The van der Waals surface area contributed by atoms with Crippen LogP contribution in [0.5, 0.6) is 0 Å². The van der Waals surface area contributed by atoms with Crippen LogP contribution in [0.1, 0.15) is 60.8 Å². The highest BCUT2D eigenvalue weighted by Crippen LogP contribution is 2.16. The zero-order chi connectivity index (χ0) is 16.0. The minimum atomic E-state index is -0.536. The summed E-state index contributed by atoms with van der Waals surface area (Å²) in [6.07, 6.45) is 1.35. The van der Waals surface area contributed by atoms with Gasteiger partial charge in [-0.1, -0.05) is 0 Å². The molecular weight excluding hydrogens is 256 g/mol. The fourth-order valence-corrected chi connectivity index (χ4v) is 1.84. The van der Waals surface area contributed by atoms with Gasteiger partial charge in [-0.3, -0.25) is 9.59 Å². The second-order valence-electron chi connectivity index (χ2n) is 6.90. The first kappa shape index (κ1) is 19.1. The van der Waals surface area contributed by atoms with E-state index in [0.717, 1.165) is 6.42 Å². The van der Waals surface area contributed by atoms with Crippen molar-refractivity contribution in [3.05, 3.63) is 0 Å². The Morgan fingerprint density at radius 1 is 1.25 bits per heavy atom. The molecule has 1 atom stereocenters. The summed E-state index contributed by atoms with van der Waals surface area (Å²) in [7, 11) is 0. The van der Waals surface area contributed by atoms with Crippen molar-refractivity contribution < 1.29 is 14.3 Å². The molecule has 0 aromatic heterocycles. The largest absolute Gasteiger partial charge is 0.375 e. The topological polar surface area (TPSA) is 81.4 Å². The van der Waals surface area contributed by atoms with Crippen LogP contribution in [0, 0.1) is 0 Å². The number of rotatable bonds is 9. The fraction of sp³-hybridized carbons (Fsp3) is 0.867. The molecule has 5 nitrogen and oxygen atoms in total. The van der Waals surface area contributed by atoms with Crippen molar-refractivity contribution in [2.24, 2.45) is 5.73 Å². The van der Waals surface area contributed by atoms with Crippen LogP contribution in [0.25, 0.3) is 0 Å². The highest BCUT2D eigenvalue weighted by atomic mass is 16.5. The fourth-order valence-electron chi connectivity index (χ4n) is 1.84. The van der Waals surface area contributed by atoms with Gasteiger partial charge in [-0.05, 0) is 48.0 Å². The molecular formula is C15H30N2O3. The molecule has 1 amide bonds. The highest BCUT2D eigenvalue weighted by Gasteiger charge is 2.24. The summed E-state index contributed by atoms with van der Waals surface area (Å²) in [4.78, 5) is 22.9. The van der Waals surface area contributed by atoms with Gasteiger partial charge in [0.15, 0.2) is 0 Å². The second-order valence-corrected chi connectivity index (χ2v) is 6.90. The standard InChI is InChI=1S/C15H30N2O3/c1-11(9-12(2)18)17-13(19)10-15(5,6)20-8-7-14(3,4)16/h11H,7-10,16H2,1-6H3,(H,17,19). The first-order valence-corrected chi connectivity index (χ1v) is 7.13. The normalized spacial score (nSPS) is 13.9. The van der Waals surface area contributed by atoms with Gasteiger partial charge >= 0.3 is 0 Å². The van der Waals surface area contributed by atoms with Crippen molar-refractivity contribution in [1.82, 2.24) is 5.32 Å². The van der Waals surface area contributed by atoms with Crippen molar-refractivity contribution in [3.8, 4) is 0 Å². The molecule has 0 saturated heterocycles. The summed E-state index contributed by atoms with van der Waals surface area (Å²) in [5.74, 6) is -0.0331. The number of hydrogen-bond acceptors (Lipinski definition) is 4. The minimum absolute atomic E-state index is 0.0680. The summed E-state index contributed by atoms with van der Waals surface area (Å²) in [5.41, 5.74) is 5.08. The molecule has 0 radical (unpaired) electrons. The Kier molecular flexibility index (Phi) is 7.38. The molecule has 0 fully saturated rings. The molecule has 118 valence electrons. The predicted octanol–water partition coefficient (Wildman–Crippen LogP) is 1.78. The van der Waals surface area contributed by atoms with Gasteiger partial charge in [-0.2, -0.15) is 0 Å². The smallest absolute Gasteiger partial charge is 0.223 e. The van der Waals surface area contributed by atoms with Crippen LogP contribution in [0.3, 0.4) is 0 Å². The van der Waals surface area contributed by atoms with Gasteiger partial charge in [0, 0.05) is 24.6 Å². The third kappa shape index (κ3) is 10.9. The Hall–Kier alpha value is -0.940. The summed E-state index contributed by atoms with van der Waals surface area (Å²) < 4.78 is 5.73. The van der Waals surface area contributed by atoms with E-state index in [-0.39, 0.29) is 29.7 Å². The summed E-state index contributed by atoms with van der Waals surface area (Å²) in [5, 5.41) is 2.81. The lowest BCUT2D eigenvalue weighted by atomic mass is 10.0. The predicted molar refractivity (Wildman–Crippen MR) is 80.4 cm³/mol. The monoisotopic (exact) mass is 286 g/mol. The first-order valence-electron chi connectivity index (χ1n) is 7.13. The molecule has 0 aliphatic heterocycles. The number of carbonyl (C=O) groups excluding carboxylic acids is 2. The maximum Gasteiger partial charge on any atom is 0.223 e. The van der Waals surface area contributed by atoms with E-state index < -0.39 is 5.60 Å². The van der Waals surface area contributed by atoms with Crippen LogP contribution in [-0.2, 0) is 14.3 Å². The van der Waals surface area contributed by atoms with E-state index in [2.05, 4.69) is 5.32 Å². The molecule has 0 aliphatic carbocycles. The van der Waals surface area contributed by atoms with Gasteiger partial charge in [0.25, 0.3) is 0 Å². The molecule has 0 saturated carbocycles. The summed E-state index contributed by atoms with van der Waals surface area (Å²) in [6, 6.07) is -0.140. The molecule has 0 rings (SSSR count). The number of ether oxygens (including phenoxy) is 1. The maximum absolute atomic E-state index is 11.9. The lowest BCUT2D eigenvalue weighted by molar-refractivity contribution is -0.128. The lowest BCUT2D eigenvalue weighted by Crippen LogP contribution is -2.40. The molecule has 0 spiro atoms. The van der Waals surface area contributed by atoms with Gasteiger partial charge in [-0.15, -0.1) is 0 Å². The van der Waals surface area contributed by atoms with Gasteiger partial charge in [0.05, 0.1) is 12.0 Å². The Morgan fingerprint density at radius 2 is 1.80 bits per heavy atom. The number of nitrogens with two attached hydrogens (primary N) is 1. The Bertz CT molecular complexity index is 333. The third-order valence-electron chi connectivity index (χ3n) is 2.83. The van der Waals surface area contributed by atoms with Crippen LogP contribution in [0.15, 0.2) is 0 Å². The van der Waals surface area contributed by atoms with Crippen molar-refractivity contribution >= 4 is 11.7 Å². The second kappa shape index (κ2) is 7.74. The highest BCUT2D eigenvalue weighted by molar-refractivity contribution is 5.79. The van der Waals surface area contributed by atoms with E-state index in [9.17, 15) is 9.59 Å². The zero-order valence-corrected chi connectivity index (χ0v) is 13.7. The molecule has 0 aromatic carbocycles. The average molecular weight is 286 g/mol. The average Bonchev–Trinajstić information content (AvgIpc) is 2.10. The van der Waals surface area contributed by atoms with Crippen molar-refractivity contribution in [1.29, 1.82) is 0 Å². The van der Waals surface area contributed by atoms with Gasteiger partial charge in [0.1, 0.15) is 5.78 Å². The van der Waals surface area contributed by atoms with E-state index >= 15 is 0 Å². The van der Waals surface area contributed by atoms with E-state index in [1.54, 1.807) is 0 Å². The molecule has 5 heteroatoms. The summed E-state index contributed by atoms with van der Waals surface area (Å²) >= 11 is 0. The van der Waals surface area contributed by atoms with E-state index in [0.29, 0.717) is 13.0 Å². The number of ketones is 1. The van der Waals surface area contributed by atoms with Crippen LogP contribution in [0.2, 0.25) is 0 Å². The first-order chi connectivity index (χ1) is 8.91. The van der Waals surface area contributed by atoms with Crippen LogP contribution >= 0.6 is 0 Å². The van der Waals surface area contributed by atoms with E-state index in [1.807, 2.05) is 34.6 Å². The molecule has 0 aromatic rings. The van der Waals surface area contributed by atoms with Crippen LogP contribution in [-0.4, -0.2) is 35.5 Å². The quantitative estimate of drug-likeness (QED) is 0.677. The van der Waals surface area contributed by atoms with Crippen molar-refractivity contribution in [2.75, 3.05) is 6.61 Å². The molecule has 0 aliphatic rings. The van der Waals surface area contributed by atoms with Gasteiger partial charge in [0.2, 0.25) is 5.91 Å². The van der Waals surface area contributed by atoms with Gasteiger partial charge < -0.3 is 15.8 Å². The van der Waals surface area contributed by atoms with Crippen molar-refractivity contribution in [3.63, 3.8) is 0 Å². The van der Waals surface area contributed by atoms with Gasteiger partial charge in [-0.25, -0.2) is 0 Å². The van der Waals surface area contributed by atoms with Crippen LogP contribution in [0.4, 0.5) is 0 Å². The van der Waals surface area contributed by atoms with E-state index in [4.69, 9.17) is 10.5 Å². The SMILES string of the molecule is CC(=O)CC(C)NC(=O)CC(C)(C)OCCC(C)(C)N. The zero-order valence-electron chi connectivity index (χ0n) is 13.7. The number of Topliss-reactive ketones (excluding diaryl/α,β-unsaturated/α-hetero) is 1. The third-order valence-corrected chi connectivity index (χ3v) is 2.83. The molecule has 1 unspecified atom stereocenters. The Morgan fingerprint density at radius 3 is 2.25 bits per heavy atom. The van der Waals surface area contributed by atoms with Crippen molar-refractivity contribution in [2.45, 2.75) is 78.0 Å². The molecule has 0 heterocycles. The number of nitrogens with one attached hydrogen (secondary N) is 1. The van der Waals surface area contributed by atoms with E-state index in [1.165, 1.54) is 6.92 Å². The number of carbonyl (C=O) groups is 2. The molecule has 20 heavy (non-hydrogen) atoms. The maximum atomic E-state index is 11.9. The lowest BCUT2D eigenvalue weighted by Gasteiger charge is -2.27.